The van der Waals surface area contributed by atoms with Gasteiger partial charge in [0, 0.05) is 22.4 Å². The third-order valence-corrected chi connectivity index (χ3v) is 4.40. The molecule has 112 valence electrons. The Balaban J connectivity index is 1.83. The second kappa shape index (κ2) is 5.37. The second-order valence-electron chi connectivity index (χ2n) is 5.07. The van der Waals surface area contributed by atoms with Crippen molar-refractivity contribution in [3.8, 4) is 27.6 Å². The van der Waals surface area contributed by atoms with Gasteiger partial charge < -0.3 is 9.52 Å². The van der Waals surface area contributed by atoms with Crippen molar-refractivity contribution in [3.63, 3.8) is 0 Å². The quantitative estimate of drug-likeness (QED) is 0.559. The molecule has 0 aliphatic rings. The molecule has 0 unspecified atom stereocenters. The van der Waals surface area contributed by atoms with E-state index in [0.29, 0.717) is 16.2 Å². The van der Waals surface area contributed by atoms with E-state index in [2.05, 4.69) is 4.98 Å². The summed E-state index contributed by atoms with van der Waals surface area (Å²) in [5.74, 6) is 0.0639. The Morgan fingerprint density at radius 1 is 1.04 bits per heavy atom. The molecule has 4 rings (SSSR count). The highest BCUT2D eigenvalue weighted by Gasteiger charge is 2.13. The smallest absolute Gasteiger partial charge is 0.346 e. The zero-order chi connectivity index (χ0) is 15.8. The summed E-state index contributed by atoms with van der Waals surface area (Å²) in [5.41, 5.74) is 2.16. The third-order valence-electron chi connectivity index (χ3n) is 3.52. The largest absolute Gasteiger partial charge is 0.508 e. The van der Waals surface area contributed by atoms with Crippen molar-refractivity contribution in [2.75, 3.05) is 0 Å². The third kappa shape index (κ3) is 2.51. The molecule has 0 amide bonds. The Labute approximate surface area is 135 Å². The van der Waals surface area contributed by atoms with Crippen LogP contribution in [-0.4, -0.2) is 10.1 Å². The number of aromatic nitrogens is 1. The molecule has 0 fully saturated rings. The van der Waals surface area contributed by atoms with Crippen LogP contribution in [0.2, 0.25) is 0 Å². The van der Waals surface area contributed by atoms with E-state index in [1.165, 1.54) is 17.4 Å². The SMILES string of the molecule is O=c1oc2cc(O)ccc2cc1-c1nc(-c2ccccc2)cs1. The van der Waals surface area contributed by atoms with Crippen LogP contribution in [0.15, 0.2) is 69.2 Å². The molecule has 1 N–H and O–H groups in total. The van der Waals surface area contributed by atoms with Crippen molar-refractivity contribution in [1.82, 2.24) is 4.98 Å². The van der Waals surface area contributed by atoms with Crippen LogP contribution in [0.25, 0.3) is 32.8 Å². The zero-order valence-electron chi connectivity index (χ0n) is 11.9. The van der Waals surface area contributed by atoms with E-state index < -0.39 is 5.63 Å². The molecule has 0 atom stereocenters. The molecule has 2 heterocycles. The van der Waals surface area contributed by atoms with Gasteiger partial charge in [0.05, 0.1) is 11.3 Å². The van der Waals surface area contributed by atoms with Crippen LogP contribution in [0.4, 0.5) is 0 Å². The minimum atomic E-state index is -0.461. The lowest BCUT2D eigenvalue weighted by molar-refractivity contribution is 0.473. The Bertz CT molecular complexity index is 1050. The maximum Gasteiger partial charge on any atom is 0.346 e. The van der Waals surface area contributed by atoms with Gasteiger partial charge in [-0.25, -0.2) is 9.78 Å². The molecule has 2 aromatic heterocycles. The van der Waals surface area contributed by atoms with Crippen molar-refractivity contribution in [1.29, 1.82) is 0 Å². The van der Waals surface area contributed by atoms with E-state index in [9.17, 15) is 9.90 Å². The highest BCUT2D eigenvalue weighted by atomic mass is 32.1. The van der Waals surface area contributed by atoms with E-state index in [1.54, 1.807) is 18.2 Å². The van der Waals surface area contributed by atoms with Gasteiger partial charge in [0.2, 0.25) is 0 Å². The number of phenolic OH excluding ortho intramolecular Hbond substituents is 1. The summed E-state index contributed by atoms with van der Waals surface area (Å²) in [6.45, 7) is 0. The first-order chi connectivity index (χ1) is 11.2. The summed E-state index contributed by atoms with van der Waals surface area (Å²) in [7, 11) is 0. The molecule has 23 heavy (non-hydrogen) atoms. The Kier molecular flexibility index (Phi) is 3.20. The van der Waals surface area contributed by atoms with Gasteiger partial charge in [-0.1, -0.05) is 30.3 Å². The fourth-order valence-electron chi connectivity index (χ4n) is 2.39. The topological polar surface area (TPSA) is 63.3 Å². The summed E-state index contributed by atoms with van der Waals surface area (Å²) in [6, 6.07) is 16.2. The van der Waals surface area contributed by atoms with E-state index in [0.717, 1.165) is 16.6 Å². The lowest BCUT2D eigenvalue weighted by Crippen LogP contribution is -2.02. The summed E-state index contributed by atoms with van der Waals surface area (Å²) in [4.78, 5) is 16.8. The molecular formula is C18H11NO3S. The highest BCUT2D eigenvalue weighted by molar-refractivity contribution is 7.13. The van der Waals surface area contributed by atoms with Crippen LogP contribution < -0.4 is 5.63 Å². The summed E-state index contributed by atoms with van der Waals surface area (Å²) in [5, 5.41) is 12.7. The fraction of sp³-hybridized carbons (Fsp3) is 0. The number of aromatic hydroxyl groups is 1. The molecule has 0 radical (unpaired) electrons. The average Bonchev–Trinajstić information content (AvgIpc) is 3.05. The maximum atomic E-state index is 12.2. The van der Waals surface area contributed by atoms with Gasteiger partial charge in [-0.05, 0) is 18.2 Å². The van der Waals surface area contributed by atoms with Crippen LogP contribution in [0.1, 0.15) is 0 Å². The van der Waals surface area contributed by atoms with E-state index in [1.807, 2.05) is 35.7 Å². The van der Waals surface area contributed by atoms with Gasteiger partial charge in [-0.15, -0.1) is 11.3 Å². The van der Waals surface area contributed by atoms with Crippen LogP contribution in [-0.2, 0) is 0 Å². The standard InChI is InChI=1S/C18H11NO3S/c20-13-7-6-12-8-14(18(21)22-16(12)9-13)17-19-15(10-23-17)11-4-2-1-3-5-11/h1-10,20H. The molecular weight excluding hydrogens is 310 g/mol. The molecule has 0 bridgehead atoms. The van der Waals surface area contributed by atoms with Crippen LogP contribution in [0, 0.1) is 0 Å². The first kappa shape index (κ1) is 13.7. The molecule has 0 aliphatic heterocycles. The van der Waals surface area contributed by atoms with Gasteiger partial charge in [-0.3, -0.25) is 0 Å². The number of benzene rings is 2. The number of phenols is 1. The zero-order valence-corrected chi connectivity index (χ0v) is 12.7. The lowest BCUT2D eigenvalue weighted by atomic mass is 10.1. The second-order valence-corrected chi connectivity index (χ2v) is 5.93. The number of thiazole rings is 1. The number of hydrogen-bond donors (Lipinski definition) is 1. The number of nitrogens with zero attached hydrogens (tertiary/aromatic N) is 1. The van der Waals surface area contributed by atoms with Gasteiger partial charge in [0.25, 0.3) is 0 Å². The minimum absolute atomic E-state index is 0.0639. The van der Waals surface area contributed by atoms with Crippen molar-refractivity contribution in [3.05, 3.63) is 70.4 Å². The van der Waals surface area contributed by atoms with Crippen molar-refractivity contribution in [2.45, 2.75) is 0 Å². The molecule has 0 aliphatic carbocycles. The normalized spacial score (nSPS) is 11.0. The Morgan fingerprint density at radius 3 is 2.70 bits per heavy atom. The van der Waals surface area contributed by atoms with Crippen molar-refractivity contribution >= 4 is 22.3 Å². The van der Waals surface area contributed by atoms with Gasteiger partial charge in [0.1, 0.15) is 16.3 Å². The van der Waals surface area contributed by atoms with Gasteiger partial charge in [-0.2, -0.15) is 0 Å². The molecule has 5 heteroatoms. The molecule has 4 nitrogen and oxygen atoms in total. The molecule has 2 aromatic carbocycles. The monoisotopic (exact) mass is 321 g/mol. The molecule has 4 aromatic rings. The fourth-order valence-corrected chi connectivity index (χ4v) is 3.22. The Morgan fingerprint density at radius 2 is 1.87 bits per heavy atom. The first-order valence-corrected chi connectivity index (χ1v) is 7.87. The summed E-state index contributed by atoms with van der Waals surface area (Å²) >= 11 is 1.40. The van der Waals surface area contributed by atoms with E-state index >= 15 is 0 Å². The molecule has 0 saturated carbocycles. The highest BCUT2D eigenvalue weighted by Crippen LogP contribution is 2.29. The van der Waals surface area contributed by atoms with Crippen LogP contribution in [0.5, 0.6) is 5.75 Å². The first-order valence-electron chi connectivity index (χ1n) is 6.99. The summed E-state index contributed by atoms with van der Waals surface area (Å²) in [6.07, 6.45) is 0. The molecule has 0 saturated heterocycles. The minimum Gasteiger partial charge on any atom is -0.508 e. The Hall–Kier alpha value is -2.92. The van der Waals surface area contributed by atoms with E-state index in [4.69, 9.17) is 4.42 Å². The summed E-state index contributed by atoms with van der Waals surface area (Å²) < 4.78 is 5.29. The van der Waals surface area contributed by atoms with Gasteiger partial charge >= 0.3 is 5.63 Å². The van der Waals surface area contributed by atoms with Gasteiger partial charge in [0.15, 0.2) is 0 Å². The molecule has 0 spiro atoms. The van der Waals surface area contributed by atoms with Crippen LogP contribution >= 0.6 is 11.3 Å². The average molecular weight is 321 g/mol. The van der Waals surface area contributed by atoms with Crippen molar-refractivity contribution < 1.29 is 9.52 Å². The predicted molar refractivity (Wildman–Crippen MR) is 90.7 cm³/mol. The van der Waals surface area contributed by atoms with Crippen molar-refractivity contribution in [2.24, 2.45) is 0 Å². The van der Waals surface area contributed by atoms with Crippen LogP contribution in [0.3, 0.4) is 0 Å². The maximum absolute atomic E-state index is 12.2. The number of rotatable bonds is 2. The lowest BCUT2D eigenvalue weighted by Gasteiger charge is -2.00. The number of hydrogen-bond acceptors (Lipinski definition) is 5. The number of fused-ring (bicyclic) bond motifs is 1. The van der Waals surface area contributed by atoms with E-state index in [-0.39, 0.29) is 5.75 Å². The predicted octanol–water partition coefficient (Wildman–Crippen LogP) is 4.29.